The van der Waals surface area contributed by atoms with Gasteiger partial charge in [0, 0.05) is 13.0 Å². The molecule has 1 aliphatic rings. The van der Waals surface area contributed by atoms with Gasteiger partial charge in [0.05, 0.1) is 12.6 Å². The van der Waals surface area contributed by atoms with Gasteiger partial charge in [-0.2, -0.15) is 4.98 Å². The highest BCUT2D eigenvalue weighted by Gasteiger charge is 2.30. The second-order valence-corrected chi connectivity index (χ2v) is 6.00. The number of aryl methyl sites for hydroxylation is 1. The summed E-state index contributed by atoms with van der Waals surface area (Å²) in [6, 6.07) is 7.81. The molecule has 1 amide bonds. The number of fused-ring (bicyclic) bond motifs is 1. The highest BCUT2D eigenvalue weighted by Crippen LogP contribution is 2.24. The van der Waals surface area contributed by atoms with Crippen LogP contribution in [0.2, 0.25) is 0 Å². The van der Waals surface area contributed by atoms with Gasteiger partial charge < -0.3 is 10.3 Å². The lowest BCUT2D eigenvalue weighted by molar-refractivity contribution is -0.124. The highest BCUT2D eigenvalue weighted by molar-refractivity contribution is 5.80. The first-order valence-corrected chi connectivity index (χ1v) is 8.09. The summed E-state index contributed by atoms with van der Waals surface area (Å²) in [4.78, 5) is 18.3. The number of carbonyl (C=O) groups excluding carboxylic acids is 1. The van der Waals surface area contributed by atoms with Crippen LogP contribution in [0.4, 0.5) is 0 Å². The molecule has 2 aromatic rings. The minimum absolute atomic E-state index is 0.311. The van der Waals surface area contributed by atoms with Crippen LogP contribution >= 0.6 is 0 Å². The Balaban J connectivity index is 1.75. The number of primary amides is 1. The summed E-state index contributed by atoms with van der Waals surface area (Å²) in [5.74, 6) is 0.964. The van der Waals surface area contributed by atoms with Crippen LogP contribution < -0.4 is 5.73 Å². The second kappa shape index (κ2) is 6.91. The molecule has 0 saturated heterocycles. The molecule has 6 nitrogen and oxygen atoms in total. The van der Waals surface area contributed by atoms with Gasteiger partial charge in [0.25, 0.3) is 0 Å². The van der Waals surface area contributed by atoms with E-state index in [1.807, 2.05) is 17.0 Å². The van der Waals surface area contributed by atoms with Crippen molar-refractivity contribution >= 4 is 5.91 Å². The van der Waals surface area contributed by atoms with E-state index >= 15 is 0 Å². The van der Waals surface area contributed by atoms with Crippen LogP contribution in [0, 0.1) is 0 Å². The molecule has 1 atom stereocenters. The topological polar surface area (TPSA) is 85.3 Å². The quantitative estimate of drug-likeness (QED) is 0.879. The number of benzene rings is 1. The molecular weight excluding hydrogens is 292 g/mol. The maximum atomic E-state index is 11.8. The molecular formula is C17H22N4O2. The smallest absolute Gasteiger partial charge is 0.235 e. The minimum atomic E-state index is -0.331. The average molecular weight is 314 g/mol. The lowest BCUT2D eigenvalue weighted by Gasteiger charge is -2.34. The van der Waals surface area contributed by atoms with Crippen LogP contribution in [0.3, 0.4) is 0 Å². The van der Waals surface area contributed by atoms with Crippen LogP contribution in [0.1, 0.15) is 42.6 Å². The summed E-state index contributed by atoms with van der Waals surface area (Å²) < 4.78 is 5.27. The fraction of sp³-hybridized carbons (Fsp3) is 0.471. The summed E-state index contributed by atoms with van der Waals surface area (Å²) in [7, 11) is 0. The zero-order valence-electron chi connectivity index (χ0n) is 13.4. The largest absolute Gasteiger partial charge is 0.368 e. The van der Waals surface area contributed by atoms with Crippen molar-refractivity contribution in [1.82, 2.24) is 15.0 Å². The van der Waals surface area contributed by atoms with E-state index in [2.05, 4.69) is 29.2 Å². The van der Waals surface area contributed by atoms with E-state index in [1.165, 1.54) is 11.1 Å². The van der Waals surface area contributed by atoms with E-state index in [1.54, 1.807) is 0 Å². The first kappa shape index (κ1) is 15.7. The summed E-state index contributed by atoms with van der Waals surface area (Å²) >= 11 is 0. The Morgan fingerprint density at radius 1 is 1.39 bits per heavy atom. The monoisotopic (exact) mass is 314 g/mol. The number of aromatic nitrogens is 2. The van der Waals surface area contributed by atoms with Crippen molar-refractivity contribution < 1.29 is 9.32 Å². The Morgan fingerprint density at radius 2 is 2.17 bits per heavy atom. The molecule has 0 unspecified atom stereocenters. The van der Waals surface area contributed by atoms with Crippen molar-refractivity contribution in [3.8, 4) is 0 Å². The van der Waals surface area contributed by atoms with E-state index in [4.69, 9.17) is 10.3 Å². The number of hydrogen-bond acceptors (Lipinski definition) is 5. The maximum absolute atomic E-state index is 11.8. The van der Waals surface area contributed by atoms with Gasteiger partial charge >= 0.3 is 0 Å². The summed E-state index contributed by atoms with van der Waals surface area (Å²) in [6.45, 7) is 3.26. The molecule has 1 aliphatic heterocycles. The number of rotatable bonds is 6. The molecule has 0 spiro atoms. The summed E-state index contributed by atoms with van der Waals surface area (Å²) in [6.07, 6.45) is 3.55. The first-order valence-electron chi connectivity index (χ1n) is 8.09. The number of unbranched alkanes of at least 4 members (excludes halogenated alkanes) is 1. The Morgan fingerprint density at radius 3 is 2.91 bits per heavy atom. The molecule has 6 heteroatoms. The Kier molecular flexibility index (Phi) is 4.71. The minimum Gasteiger partial charge on any atom is -0.368 e. The fourth-order valence-corrected chi connectivity index (χ4v) is 2.99. The highest BCUT2D eigenvalue weighted by atomic mass is 16.5. The standard InChI is InChI=1S/C17H22N4O2/c1-2-3-8-16-19-15(20-23-16)11-21-10-13-7-5-4-6-12(13)9-14(21)17(18)22/h4-7,14H,2-3,8-11H2,1H3,(H2,18,22)/t14-/m0/s1. The lowest BCUT2D eigenvalue weighted by Crippen LogP contribution is -2.48. The van der Waals surface area contributed by atoms with Crippen LogP contribution in [0.5, 0.6) is 0 Å². The van der Waals surface area contributed by atoms with Crippen molar-refractivity contribution in [2.75, 3.05) is 0 Å². The van der Waals surface area contributed by atoms with Crippen LogP contribution in [-0.4, -0.2) is 27.0 Å². The Hall–Kier alpha value is -2.21. The van der Waals surface area contributed by atoms with Crippen molar-refractivity contribution in [2.24, 2.45) is 5.73 Å². The summed E-state index contributed by atoms with van der Waals surface area (Å²) in [5, 5.41) is 4.03. The first-order chi connectivity index (χ1) is 11.2. The van der Waals surface area contributed by atoms with Gasteiger partial charge in [0.15, 0.2) is 5.82 Å². The second-order valence-electron chi connectivity index (χ2n) is 6.00. The fourth-order valence-electron chi connectivity index (χ4n) is 2.99. The van der Waals surface area contributed by atoms with Gasteiger partial charge in [-0.25, -0.2) is 0 Å². The van der Waals surface area contributed by atoms with E-state index in [0.717, 1.165) is 19.3 Å². The Bertz CT molecular complexity index is 683. The zero-order valence-corrected chi connectivity index (χ0v) is 13.4. The number of nitrogens with zero attached hydrogens (tertiary/aromatic N) is 3. The van der Waals surface area contributed by atoms with Gasteiger partial charge in [-0.15, -0.1) is 0 Å². The van der Waals surface area contributed by atoms with Crippen LogP contribution in [0.15, 0.2) is 28.8 Å². The van der Waals surface area contributed by atoms with E-state index in [0.29, 0.717) is 31.2 Å². The maximum Gasteiger partial charge on any atom is 0.235 e. The molecule has 0 aliphatic carbocycles. The van der Waals surface area contributed by atoms with E-state index in [9.17, 15) is 4.79 Å². The van der Waals surface area contributed by atoms with Gasteiger partial charge in [0.2, 0.25) is 11.8 Å². The van der Waals surface area contributed by atoms with Crippen molar-refractivity contribution in [3.63, 3.8) is 0 Å². The third-order valence-corrected chi connectivity index (χ3v) is 4.27. The van der Waals surface area contributed by atoms with Crippen molar-refractivity contribution in [1.29, 1.82) is 0 Å². The van der Waals surface area contributed by atoms with E-state index < -0.39 is 0 Å². The number of hydrogen-bond donors (Lipinski definition) is 1. The molecule has 2 N–H and O–H groups in total. The molecule has 0 bridgehead atoms. The van der Waals surface area contributed by atoms with Gasteiger partial charge in [-0.3, -0.25) is 9.69 Å². The van der Waals surface area contributed by atoms with Gasteiger partial charge in [0.1, 0.15) is 0 Å². The molecule has 0 saturated carbocycles. The molecule has 2 heterocycles. The third-order valence-electron chi connectivity index (χ3n) is 4.27. The van der Waals surface area contributed by atoms with Crippen LogP contribution in [0.25, 0.3) is 0 Å². The number of nitrogens with two attached hydrogens (primary N) is 1. The molecule has 0 radical (unpaired) electrons. The van der Waals surface area contributed by atoms with E-state index in [-0.39, 0.29) is 11.9 Å². The van der Waals surface area contributed by atoms with Crippen molar-refractivity contribution in [2.45, 2.75) is 51.7 Å². The average Bonchev–Trinajstić information content (AvgIpc) is 2.99. The zero-order chi connectivity index (χ0) is 16.2. The molecule has 3 rings (SSSR count). The molecule has 23 heavy (non-hydrogen) atoms. The van der Waals surface area contributed by atoms with Crippen molar-refractivity contribution in [3.05, 3.63) is 47.1 Å². The SMILES string of the molecule is CCCCc1nc(CN2Cc3ccccc3C[C@H]2C(N)=O)no1. The molecule has 1 aromatic carbocycles. The third kappa shape index (κ3) is 3.59. The van der Waals surface area contributed by atoms with Gasteiger partial charge in [-0.1, -0.05) is 42.8 Å². The van der Waals surface area contributed by atoms with Gasteiger partial charge in [-0.05, 0) is 24.0 Å². The number of carbonyl (C=O) groups is 1. The Labute approximate surface area is 135 Å². The predicted octanol–water partition coefficient (Wildman–Crippen LogP) is 1.82. The summed E-state index contributed by atoms with van der Waals surface area (Å²) in [5.41, 5.74) is 8.00. The predicted molar refractivity (Wildman–Crippen MR) is 85.3 cm³/mol. The number of amides is 1. The molecule has 0 fully saturated rings. The lowest BCUT2D eigenvalue weighted by atomic mass is 9.93. The molecule has 122 valence electrons. The normalized spacial score (nSPS) is 17.9. The van der Waals surface area contributed by atoms with Crippen LogP contribution in [-0.2, 0) is 30.7 Å². The molecule has 1 aromatic heterocycles.